The van der Waals surface area contributed by atoms with Crippen molar-refractivity contribution in [2.75, 3.05) is 5.33 Å². The smallest absolute Gasteiger partial charge is 0.0372 e. The fourth-order valence-electron chi connectivity index (χ4n) is 0.448. The third-order valence-corrected chi connectivity index (χ3v) is 1.38. The number of aryl methyl sites for hydroxylation is 1. The lowest BCUT2D eigenvalue weighted by atomic mass is 10.4. The summed E-state index contributed by atoms with van der Waals surface area (Å²) in [7, 11) is 0. The minimum absolute atomic E-state index is 0.896. The van der Waals surface area contributed by atoms with Gasteiger partial charge in [-0.3, -0.25) is 4.98 Å². The number of rotatable bonds is 1. The van der Waals surface area contributed by atoms with Crippen LogP contribution < -0.4 is 0 Å². The third kappa shape index (κ3) is 7.26. The van der Waals surface area contributed by atoms with Crippen LogP contribution in [0.5, 0.6) is 0 Å². The van der Waals surface area contributed by atoms with Crippen LogP contribution >= 0.6 is 15.9 Å². The van der Waals surface area contributed by atoms with E-state index in [1.54, 1.807) is 12.3 Å². The molecule has 0 aliphatic rings. The number of hydrogen-bond acceptors (Lipinski definition) is 1. The predicted octanol–water partition coefficient (Wildman–Crippen LogP) is 2.96. The first-order chi connectivity index (χ1) is 5.31. The van der Waals surface area contributed by atoms with E-state index in [-0.39, 0.29) is 0 Å². The molecule has 1 heterocycles. The highest BCUT2D eigenvalue weighted by atomic mass is 79.9. The first-order valence-corrected chi connectivity index (χ1v) is 4.48. The van der Waals surface area contributed by atoms with Crippen LogP contribution in [0.4, 0.5) is 0 Å². The van der Waals surface area contributed by atoms with Crippen LogP contribution in [0.25, 0.3) is 0 Å². The zero-order chi connectivity index (χ0) is 8.53. The van der Waals surface area contributed by atoms with Crippen molar-refractivity contribution in [1.82, 2.24) is 4.98 Å². The highest BCUT2D eigenvalue weighted by Gasteiger charge is 1.73. The molecule has 0 amide bonds. The van der Waals surface area contributed by atoms with Gasteiger partial charge in [0.25, 0.3) is 0 Å². The summed E-state index contributed by atoms with van der Waals surface area (Å²) in [6, 6.07) is 5.86. The van der Waals surface area contributed by atoms with Crippen LogP contribution in [-0.2, 0) is 0 Å². The monoisotopic (exact) mass is 213 g/mol. The summed E-state index contributed by atoms with van der Waals surface area (Å²) in [5.74, 6) is 0. The SMILES string of the molecule is C=CCBr.Cc1ccccn1. The largest absolute Gasteiger partial charge is 0.262 e. The lowest BCUT2D eigenvalue weighted by molar-refractivity contribution is 1.20. The summed E-state index contributed by atoms with van der Waals surface area (Å²) in [5, 5.41) is 0.896. The molecule has 0 unspecified atom stereocenters. The molecular formula is C9H12BrN. The highest BCUT2D eigenvalue weighted by molar-refractivity contribution is 9.09. The van der Waals surface area contributed by atoms with E-state index in [9.17, 15) is 0 Å². The molecule has 0 aliphatic heterocycles. The normalized spacial score (nSPS) is 7.82. The van der Waals surface area contributed by atoms with Crippen LogP contribution in [0.2, 0.25) is 0 Å². The predicted molar refractivity (Wildman–Crippen MR) is 53.0 cm³/mol. The zero-order valence-electron chi connectivity index (χ0n) is 6.63. The first-order valence-electron chi connectivity index (χ1n) is 3.35. The van der Waals surface area contributed by atoms with Gasteiger partial charge in [-0.25, -0.2) is 0 Å². The molecule has 0 saturated carbocycles. The van der Waals surface area contributed by atoms with E-state index in [4.69, 9.17) is 0 Å². The van der Waals surface area contributed by atoms with Crippen molar-refractivity contribution >= 4 is 15.9 Å². The van der Waals surface area contributed by atoms with E-state index >= 15 is 0 Å². The number of pyridine rings is 1. The Labute approximate surface area is 76.3 Å². The van der Waals surface area contributed by atoms with Crippen LogP contribution in [0.1, 0.15) is 5.69 Å². The summed E-state index contributed by atoms with van der Waals surface area (Å²) < 4.78 is 0. The Bertz CT molecular complexity index is 184. The lowest BCUT2D eigenvalue weighted by Gasteiger charge is -1.82. The molecule has 1 aromatic rings. The topological polar surface area (TPSA) is 12.9 Å². The second kappa shape index (κ2) is 7.48. The molecule has 0 saturated heterocycles. The van der Waals surface area contributed by atoms with Gasteiger partial charge in [-0.05, 0) is 19.1 Å². The molecule has 0 atom stereocenters. The van der Waals surface area contributed by atoms with Gasteiger partial charge in [-0.1, -0.05) is 28.1 Å². The molecule has 0 spiro atoms. The Hall–Kier alpha value is -0.630. The molecule has 0 bridgehead atoms. The van der Waals surface area contributed by atoms with E-state index in [2.05, 4.69) is 27.5 Å². The summed E-state index contributed by atoms with van der Waals surface area (Å²) >= 11 is 3.13. The van der Waals surface area contributed by atoms with Crippen LogP contribution in [0, 0.1) is 6.92 Å². The van der Waals surface area contributed by atoms with Gasteiger partial charge in [0.05, 0.1) is 0 Å². The lowest BCUT2D eigenvalue weighted by Crippen LogP contribution is -1.72. The standard InChI is InChI=1S/C6H7N.C3H5Br/c1-6-4-2-3-5-7-6;1-2-3-4/h2-5H,1H3;2H,1,3H2. The number of alkyl halides is 1. The average molecular weight is 214 g/mol. The molecule has 0 fully saturated rings. The van der Waals surface area contributed by atoms with Gasteiger partial charge in [0.2, 0.25) is 0 Å². The number of nitrogens with zero attached hydrogens (tertiary/aromatic N) is 1. The quantitative estimate of drug-likeness (QED) is 0.517. The van der Waals surface area contributed by atoms with Crippen molar-refractivity contribution < 1.29 is 0 Å². The van der Waals surface area contributed by atoms with Gasteiger partial charge in [0.15, 0.2) is 0 Å². The van der Waals surface area contributed by atoms with E-state index in [1.807, 2.05) is 25.1 Å². The van der Waals surface area contributed by atoms with Gasteiger partial charge < -0.3 is 0 Å². The maximum absolute atomic E-state index is 3.98. The summed E-state index contributed by atoms with van der Waals surface area (Å²) in [6.45, 7) is 5.40. The maximum Gasteiger partial charge on any atom is 0.0372 e. The van der Waals surface area contributed by atoms with E-state index < -0.39 is 0 Å². The minimum atomic E-state index is 0.896. The molecule has 1 rings (SSSR count). The highest BCUT2D eigenvalue weighted by Crippen LogP contribution is 1.86. The molecular weight excluding hydrogens is 202 g/mol. The van der Waals surface area contributed by atoms with Crippen molar-refractivity contribution in [3.8, 4) is 0 Å². The maximum atomic E-state index is 3.98. The Morgan fingerprint density at radius 2 is 2.27 bits per heavy atom. The fraction of sp³-hybridized carbons (Fsp3) is 0.222. The van der Waals surface area contributed by atoms with Gasteiger partial charge in [-0.2, -0.15) is 0 Å². The number of hydrogen-bond donors (Lipinski definition) is 0. The van der Waals surface area contributed by atoms with Crippen molar-refractivity contribution in [2.24, 2.45) is 0 Å². The molecule has 60 valence electrons. The van der Waals surface area contributed by atoms with Crippen LogP contribution in [-0.4, -0.2) is 10.3 Å². The molecule has 0 aliphatic carbocycles. The molecule has 11 heavy (non-hydrogen) atoms. The van der Waals surface area contributed by atoms with Gasteiger partial charge in [-0.15, -0.1) is 6.58 Å². The Balaban J connectivity index is 0.000000218. The van der Waals surface area contributed by atoms with Gasteiger partial charge >= 0.3 is 0 Å². The molecule has 0 aromatic carbocycles. The number of allylic oxidation sites excluding steroid dienone is 1. The average Bonchev–Trinajstić information content (AvgIpc) is 2.07. The Morgan fingerprint density at radius 3 is 2.45 bits per heavy atom. The number of aromatic nitrogens is 1. The third-order valence-electron chi connectivity index (χ3n) is 0.922. The first kappa shape index (κ1) is 10.4. The zero-order valence-corrected chi connectivity index (χ0v) is 8.21. The second-order valence-electron chi connectivity index (χ2n) is 1.91. The molecule has 0 radical (unpaired) electrons. The van der Waals surface area contributed by atoms with Crippen molar-refractivity contribution in [3.63, 3.8) is 0 Å². The van der Waals surface area contributed by atoms with Gasteiger partial charge in [0, 0.05) is 17.2 Å². The molecule has 0 N–H and O–H groups in total. The van der Waals surface area contributed by atoms with E-state index in [0.29, 0.717) is 0 Å². The number of halogens is 1. The van der Waals surface area contributed by atoms with Crippen molar-refractivity contribution in [3.05, 3.63) is 42.7 Å². The molecule has 1 nitrogen and oxygen atoms in total. The van der Waals surface area contributed by atoms with Crippen LogP contribution in [0.3, 0.4) is 0 Å². The van der Waals surface area contributed by atoms with E-state index in [1.165, 1.54) is 0 Å². The van der Waals surface area contributed by atoms with Gasteiger partial charge in [0.1, 0.15) is 0 Å². The van der Waals surface area contributed by atoms with Crippen molar-refractivity contribution in [1.29, 1.82) is 0 Å². The summed E-state index contributed by atoms with van der Waals surface area (Å²) in [5.41, 5.74) is 1.07. The summed E-state index contributed by atoms with van der Waals surface area (Å²) in [4.78, 5) is 3.98. The Morgan fingerprint density at radius 1 is 1.64 bits per heavy atom. The fourth-order valence-corrected chi connectivity index (χ4v) is 0.448. The summed E-state index contributed by atoms with van der Waals surface area (Å²) in [6.07, 6.45) is 3.58. The minimum Gasteiger partial charge on any atom is -0.262 e. The second-order valence-corrected chi connectivity index (χ2v) is 2.56. The van der Waals surface area contributed by atoms with Crippen molar-refractivity contribution in [2.45, 2.75) is 6.92 Å². The van der Waals surface area contributed by atoms with E-state index in [0.717, 1.165) is 11.0 Å². The van der Waals surface area contributed by atoms with Crippen LogP contribution in [0.15, 0.2) is 37.1 Å². The molecule has 1 aromatic heterocycles. The Kier molecular flexibility index (Phi) is 7.05. The molecule has 2 heteroatoms.